The number of aromatic amines is 1. The Balaban J connectivity index is 1.38. The van der Waals surface area contributed by atoms with Crippen molar-refractivity contribution >= 4 is 38.4 Å². The lowest BCUT2D eigenvalue weighted by Crippen LogP contribution is -2.26. The minimum Gasteiger partial charge on any atom is -0.349 e. The molecule has 4 nitrogen and oxygen atoms in total. The van der Waals surface area contributed by atoms with Gasteiger partial charge in [0.1, 0.15) is 11.6 Å². The third kappa shape index (κ3) is 3.46. The monoisotopic (exact) mass is 367 g/mol. The molecule has 2 aromatic carbocycles. The van der Waals surface area contributed by atoms with Gasteiger partial charge in [-0.25, -0.2) is 9.37 Å². The molecule has 0 saturated carbocycles. The number of nitrogens with one attached hydrogen (secondary N) is 2. The highest BCUT2D eigenvalue weighted by Gasteiger charge is 2.14. The Hall–Kier alpha value is -2.73. The van der Waals surface area contributed by atoms with E-state index in [9.17, 15) is 9.18 Å². The highest BCUT2D eigenvalue weighted by molar-refractivity contribution is 7.19. The molecule has 0 spiro atoms. The van der Waals surface area contributed by atoms with Gasteiger partial charge in [0.15, 0.2) is 0 Å². The maximum absolute atomic E-state index is 13.3. The van der Waals surface area contributed by atoms with Crippen molar-refractivity contribution in [2.45, 2.75) is 25.8 Å². The van der Waals surface area contributed by atoms with Crippen LogP contribution >= 0.6 is 11.3 Å². The number of carbonyl (C=O) groups is 1. The summed E-state index contributed by atoms with van der Waals surface area (Å²) in [6, 6.07) is 14.5. The number of amides is 1. The number of para-hydroxylation sites is 2. The van der Waals surface area contributed by atoms with Gasteiger partial charge in [-0.1, -0.05) is 18.2 Å². The molecule has 0 aliphatic rings. The van der Waals surface area contributed by atoms with E-state index in [-0.39, 0.29) is 17.8 Å². The second-order valence-corrected chi connectivity index (χ2v) is 7.44. The number of thiophene rings is 1. The van der Waals surface area contributed by atoms with Gasteiger partial charge < -0.3 is 10.3 Å². The van der Waals surface area contributed by atoms with Crippen LogP contribution in [0.3, 0.4) is 0 Å². The lowest BCUT2D eigenvalue weighted by Gasteiger charge is -2.11. The van der Waals surface area contributed by atoms with Crippen LogP contribution in [-0.2, 0) is 11.2 Å². The van der Waals surface area contributed by atoms with Gasteiger partial charge in [0.05, 0.1) is 17.1 Å². The molecule has 26 heavy (non-hydrogen) atoms. The van der Waals surface area contributed by atoms with Gasteiger partial charge in [0.2, 0.25) is 5.91 Å². The number of H-pyrrole nitrogens is 1. The molecule has 0 aliphatic carbocycles. The standard InChI is InChI=1S/C20H18FN3OS/c1-12(17-10-13-6-7-14(21)11-18(13)26-17)22-20(25)9-8-19-23-15-4-2-3-5-16(15)24-19/h2-7,10-12H,8-9H2,1H3,(H,22,25)(H,23,24). The van der Waals surface area contributed by atoms with Crippen molar-refractivity contribution in [1.29, 1.82) is 0 Å². The van der Waals surface area contributed by atoms with Crippen LogP contribution in [0, 0.1) is 5.82 Å². The topological polar surface area (TPSA) is 57.8 Å². The maximum atomic E-state index is 13.3. The second-order valence-electron chi connectivity index (χ2n) is 6.32. The third-order valence-electron chi connectivity index (χ3n) is 4.33. The Morgan fingerprint density at radius 1 is 1.27 bits per heavy atom. The van der Waals surface area contributed by atoms with E-state index in [4.69, 9.17) is 0 Å². The molecule has 0 fully saturated rings. The number of carbonyl (C=O) groups excluding carboxylic acids is 1. The summed E-state index contributed by atoms with van der Waals surface area (Å²) < 4.78 is 14.2. The quantitative estimate of drug-likeness (QED) is 0.536. The van der Waals surface area contributed by atoms with E-state index in [1.54, 1.807) is 6.07 Å². The van der Waals surface area contributed by atoms with E-state index in [2.05, 4.69) is 15.3 Å². The van der Waals surface area contributed by atoms with Crippen molar-refractivity contribution in [1.82, 2.24) is 15.3 Å². The largest absolute Gasteiger partial charge is 0.349 e. The number of aryl methyl sites for hydroxylation is 1. The van der Waals surface area contributed by atoms with Crippen molar-refractivity contribution in [3.63, 3.8) is 0 Å². The number of hydrogen-bond donors (Lipinski definition) is 2. The Morgan fingerprint density at radius 3 is 2.96 bits per heavy atom. The van der Waals surface area contributed by atoms with E-state index >= 15 is 0 Å². The first kappa shape index (κ1) is 16.7. The third-order valence-corrected chi connectivity index (χ3v) is 5.61. The van der Waals surface area contributed by atoms with Crippen molar-refractivity contribution in [3.05, 3.63) is 65.0 Å². The molecule has 0 saturated heterocycles. The van der Waals surface area contributed by atoms with Crippen molar-refractivity contribution in [3.8, 4) is 0 Å². The zero-order valence-corrected chi connectivity index (χ0v) is 15.1. The predicted molar refractivity (Wildman–Crippen MR) is 103 cm³/mol. The maximum Gasteiger partial charge on any atom is 0.220 e. The first-order valence-electron chi connectivity index (χ1n) is 8.50. The average Bonchev–Trinajstić information content (AvgIpc) is 3.23. The fourth-order valence-electron chi connectivity index (χ4n) is 2.98. The summed E-state index contributed by atoms with van der Waals surface area (Å²) in [6.07, 6.45) is 0.925. The number of nitrogens with zero attached hydrogens (tertiary/aromatic N) is 1. The highest BCUT2D eigenvalue weighted by Crippen LogP contribution is 2.30. The molecule has 6 heteroatoms. The molecule has 0 bridgehead atoms. The molecule has 132 valence electrons. The van der Waals surface area contributed by atoms with Crippen LogP contribution in [-0.4, -0.2) is 15.9 Å². The molecule has 4 rings (SSSR count). The van der Waals surface area contributed by atoms with Crippen LogP contribution in [0.1, 0.15) is 30.1 Å². The molecule has 2 heterocycles. The average molecular weight is 367 g/mol. The number of aromatic nitrogens is 2. The van der Waals surface area contributed by atoms with Crippen molar-refractivity contribution in [2.75, 3.05) is 0 Å². The van der Waals surface area contributed by atoms with Crippen LogP contribution in [0.2, 0.25) is 0 Å². The Kier molecular flexibility index (Phi) is 4.42. The minimum atomic E-state index is -0.242. The predicted octanol–water partition coefficient (Wildman–Crippen LogP) is 4.73. The number of imidazole rings is 1. The Bertz CT molecular complexity index is 1050. The summed E-state index contributed by atoms with van der Waals surface area (Å²) in [5.41, 5.74) is 1.89. The van der Waals surface area contributed by atoms with Gasteiger partial charge in [-0.05, 0) is 42.6 Å². The van der Waals surface area contributed by atoms with E-state index in [1.165, 1.54) is 23.5 Å². The SMILES string of the molecule is CC(NC(=O)CCc1nc2ccccc2[nH]1)c1cc2ccc(F)cc2s1. The molecule has 1 atom stereocenters. The Morgan fingerprint density at radius 2 is 2.12 bits per heavy atom. The van der Waals surface area contributed by atoms with Gasteiger partial charge >= 0.3 is 0 Å². The van der Waals surface area contributed by atoms with Crippen LogP contribution in [0.4, 0.5) is 4.39 Å². The van der Waals surface area contributed by atoms with E-state index in [0.717, 1.165) is 31.8 Å². The molecule has 0 aliphatic heterocycles. The summed E-state index contributed by atoms with van der Waals surface area (Å²) in [6.45, 7) is 1.94. The van der Waals surface area contributed by atoms with E-state index in [0.29, 0.717) is 12.8 Å². The number of fused-ring (bicyclic) bond motifs is 2. The van der Waals surface area contributed by atoms with E-state index < -0.39 is 0 Å². The number of rotatable bonds is 5. The summed E-state index contributed by atoms with van der Waals surface area (Å²) >= 11 is 1.51. The zero-order valence-electron chi connectivity index (χ0n) is 14.3. The first-order chi connectivity index (χ1) is 12.6. The summed E-state index contributed by atoms with van der Waals surface area (Å²) in [5, 5.41) is 4.01. The van der Waals surface area contributed by atoms with Gasteiger partial charge in [0, 0.05) is 22.4 Å². The van der Waals surface area contributed by atoms with Crippen molar-refractivity contribution < 1.29 is 9.18 Å². The van der Waals surface area contributed by atoms with Gasteiger partial charge in [-0.3, -0.25) is 4.79 Å². The smallest absolute Gasteiger partial charge is 0.220 e. The molecule has 2 N–H and O–H groups in total. The molecule has 2 aromatic heterocycles. The molecule has 4 aromatic rings. The minimum absolute atomic E-state index is 0.0263. The number of benzene rings is 2. The number of hydrogen-bond acceptors (Lipinski definition) is 3. The van der Waals surface area contributed by atoms with Crippen molar-refractivity contribution in [2.24, 2.45) is 0 Å². The lowest BCUT2D eigenvalue weighted by atomic mass is 10.2. The lowest BCUT2D eigenvalue weighted by molar-refractivity contribution is -0.121. The first-order valence-corrected chi connectivity index (χ1v) is 9.32. The van der Waals surface area contributed by atoms with Gasteiger partial charge in [-0.2, -0.15) is 0 Å². The zero-order chi connectivity index (χ0) is 18.1. The summed E-state index contributed by atoms with van der Waals surface area (Å²) in [5.74, 6) is 0.543. The van der Waals surface area contributed by atoms with Gasteiger partial charge in [-0.15, -0.1) is 11.3 Å². The van der Waals surface area contributed by atoms with Crippen LogP contribution in [0.5, 0.6) is 0 Å². The number of halogens is 1. The molecule has 1 amide bonds. The summed E-state index contributed by atoms with van der Waals surface area (Å²) in [4.78, 5) is 21.0. The van der Waals surface area contributed by atoms with Gasteiger partial charge in [0.25, 0.3) is 0 Å². The second kappa shape index (κ2) is 6.88. The van der Waals surface area contributed by atoms with Crippen LogP contribution in [0.25, 0.3) is 21.1 Å². The molecule has 1 unspecified atom stereocenters. The Labute approximate surface area is 154 Å². The normalized spacial score (nSPS) is 12.5. The summed E-state index contributed by atoms with van der Waals surface area (Å²) in [7, 11) is 0. The van der Waals surface area contributed by atoms with Crippen LogP contribution in [0.15, 0.2) is 48.5 Å². The van der Waals surface area contributed by atoms with Crippen LogP contribution < -0.4 is 5.32 Å². The van der Waals surface area contributed by atoms with E-state index in [1.807, 2.05) is 37.3 Å². The molecular weight excluding hydrogens is 349 g/mol. The fraction of sp³-hybridized carbons (Fsp3) is 0.200. The highest BCUT2D eigenvalue weighted by atomic mass is 32.1. The fourth-order valence-corrected chi connectivity index (χ4v) is 4.07. The molecule has 0 radical (unpaired) electrons. The molecular formula is C20H18FN3OS.